The van der Waals surface area contributed by atoms with Gasteiger partial charge in [-0.2, -0.15) is 0 Å². The van der Waals surface area contributed by atoms with Gasteiger partial charge in [0.25, 0.3) is 0 Å². The van der Waals surface area contributed by atoms with Gasteiger partial charge in [0.2, 0.25) is 11.8 Å². The summed E-state index contributed by atoms with van der Waals surface area (Å²) in [4.78, 5) is 24.3. The minimum absolute atomic E-state index is 0.196. The molecule has 2 N–H and O–H groups in total. The lowest BCUT2D eigenvalue weighted by Gasteiger charge is -2.31. The number of carbonyl (C=O) groups excluding carboxylic acids is 2. The van der Waals surface area contributed by atoms with Crippen molar-refractivity contribution in [3.05, 3.63) is 59.7 Å². The van der Waals surface area contributed by atoms with Gasteiger partial charge >= 0.3 is 0 Å². The van der Waals surface area contributed by atoms with Gasteiger partial charge in [-0.1, -0.05) is 29.8 Å². The van der Waals surface area contributed by atoms with E-state index in [4.69, 9.17) is 23.7 Å². The highest BCUT2D eigenvalue weighted by Gasteiger charge is 2.55. The Hall–Kier alpha value is -2.82. The van der Waals surface area contributed by atoms with Crippen LogP contribution in [-0.4, -0.2) is 49.3 Å². The molecule has 3 heterocycles. The summed E-state index contributed by atoms with van der Waals surface area (Å²) < 4.78 is 29.1. The summed E-state index contributed by atoms with van der Waals surface area (Å²) >= 11 is 0. The zero-order valence-electron chi connectivity index (χ0n) is 18.4. The first-order chi connectivity index (χ1) is 15.9. The van der Waals surface area contributed by atoms with Gasteiger partial charge in [-0.05, 0) is 38.1 Å². The molecule has 0 aromatic heterocycles. The molecule has 6 unspecified atom stereocenters. The number of hydrogen-bond acceptors (Lipinski definition) is 7. The molecule has 9 nitrogen and oxygen atoms in total. The maximum absolute atomic E-state index is 12.2. The first-order valence-electron chi connectivity index (χ1n) is 10.9. The van der Waals surface area contributed by atoms with Crippen molar-refractivity contribution >= 4 is 23.2 Å². The van der Waals surface area contributed by atoms with Gasteiger partial charge in [-0.3, -0.25) is 9.59 Å². The van der Waals surface area contributed by atoms with Crippen LogP contribution in [0.3, 0.4) is 0 Å². The summed E-state index contributed by atoms with van der Waals surface area (Å²) in [6.07, 6.45) is -2.43. The molecule has 2 aromatic rings. The highest BCUT2D eigenvalue weighted by atomic mass is 16.8. The van der Waals surface area contributed by atoms with Crippen LogP contribution < -0.4 is 10.6 Å². The number of aryl methyl sites for hydroxylation is 1. The zero-order chi connectivity index (χ0) is 22.9. The molecule has 174 valence electrons. The van der Waals surface area contributed by atoms with Crippen molar-refractivity contribution in [2.45, 2.75) is 57.5 Å². The van der Waals surface area contributed by atoms with Crippen molar-refractivity contribution in [2.24, 2.45) is 0 Å². The molecule has 3 saturated heterocycles. The van der Waals surface area contributed by atoms with Crippen LogP contribution in [0.1, 0.15) is 30.8 Å². The summed E-state index contributed by atoms with van der Waals surface area (Å²) in [7, 11) is 0. The number of anilines is 2. The highest BCUT2D eigenvalue weighted by molar-refractivity contribution is 6.08. The van der Waals surface area contributed by atoms with Gasteiger partial charge < -0.3 is 34.3 Å². The quantitative estimate of drug-likeness (QED) is 0.670. The number of amides is 2. The van der Waals surface area contributed by atoms with E-state index < -0.39 is 18.5 Å². The Morgan fingerprint density at radius 2 is 1.48 bits per heavy atom. The van der Waals surface area contributed by atoms with Crippen LogP contribution in [0.15, 0.2) is 48.5 Å². The minimum Gasteiger partial charge on any atom is -0.350 e. The number of benzene rings is 2. The van der Waals surface area contributed by atoms with E-state index in [0.717, 1.165) is 11.1 Å². The molecule has 5 rings (SSSR count). The van der Waals surface area contributed by atoms with E-state index in [1.165, 1.54) is 0 Å². The fraction of sp³-hybridized carbons (Fsp3) is 0.417. The second-order valence-electron chi connectivity index (χ2n) is 8.37. The Kier molecular flexibility index (Phi) is 6.13. The third-order valence-electron chi connectivity index (χ3n) is 5.77. The van der Waals surface area contributed by atoms with Crippen molar-refractivity contribution in [3.63, 3.8) is 0 Å². The van der Waals surface area contributed by atoms with Gasteiger partial charge in [0.05, 0.1) is 6.61 Å². The van der Waals surface area contributed by atoms with Crippen LogP contribution in [0.25, 0.3) is 0 Å². The normalized spacial score (nSPS) is 30.4. The second kappa shape index (κ2) is 9.20. The first-order valence-corrected chi connectivity index (χ1v) is 10.9. The van der Waals surface area contributed by atoms with E-state index in [1.54, 1.807) is 36.4 Å². The molecule has 9 heteroatoms. The lowest BCUT2D eigenvalue weighted by molar-refractivity contribution is -0.264. The van der Waals surface area contributed by atoms with E-state index in [9.17, 15) is 9.59 Å². The van der Waals surface area contributed by atoms with E-state index in [2.05, 4.69) is 10.6 Å². The van der Waals surface area contributed by atoms with Gasteiger partial charge in [-0.25, -0.2) is 0 Å². The number of rotatable bonds is 5. The average molecular weight is 454 g/mol. The summed E-state index contributed by atoms with van der Waals surface area (Å²) in [5.41, 5.74) is 3.11. The Bertz CT molecular complexity index is 1010. The Morgan fingerprint density at radius 1 is 0.848 bits per heavy atom. The maximum Gasteiger partial charge on any atom is 0.233 e. The molecule has 33 heavy (non-hydrogen) atoms. The third kappa shape index (κ3) is 4.92. The fourth-order valence-electron chi connectivity index (χ4n) is 4.11. The molecule has 3 aliphatic heterocycles. The molecular formula is C24H26N2O7. The molecule has 0 bridgehead atoms. The fourth-order valence-corrected chi connectivity index (χ4v) is 4.11. The number of ether oxygens (including phenoxy) is 5. The SMILES string of the molecule is Cc1ccc(NC(=O)CC(=O)Nc2ccc(C3OC4OC5COC(C)OC5C4O3)cc2)cc1. The maximum atomic E-state index is 12.2. The van der Waals surface area contributed by atoms with E-state index >= 15 is 0 Å². The van der Waals surface area contributed by atoms with Gasteiger partial charge in [0.1, 0.15) is 24.7 Å². The topological polar surface area (TPSA) is 104 Å². The lowest BCUT2D eigenvalue weighted by atomic mass is 10.1. The van der Waals surface area contributed by atoms with E-state index in [-0.39, 0.29) is 36.9 Å². The summed E-state index contributed by atoms with van der Waals surface area (Å²) in [6.45, 7) is 4.26. The molecule has 0 spiro atoms. The van der Waals surface area contributed by atoms with Crippen molar-refractivity contribution in [1.82, 2.24) is 0 Å². The first kappa shape index (κ1) is 22.0. The third-order valence-corrected chi connectivity index (χ3v) is 5.77. The zero-order valence-corrected chi connectivity index (χ0v) is 18.4. The molecule has 6 atom stereocenters. The Labute approximate surface area is 191 Å². The highest BCUT2D eigenvalue weighted by Crippen LogP contribution is 2.42. The van der Waals surface area contributed by atoms with Crippen LogP contribution in [-0.2, 0) is 33.3 Å². The van der Waals surface area contributed by atoms with Crippen LogP contribution >= 0.6 is 0 Å². The summed E-state index contributed by atoms with van der Waals surface area (Å²) in [6, 6.07) is 14.5. The van der Waals surface area contributed by atoms with Gasteiger partial charge in [0.15, 0.2) is 18.9 Å². The minimum atomic E-state index is -0.590. The standard InChI is InChI=1S/C24H26N2O7/c1-13-3-7-16(8-4-13)25-19(27)11-20(28)26-17-9-5-15(6-10-17)23-32-22-21-18(31-24(22)33-23)12-29-14(2)30-21/h3-10,14,18,21-24H,11-12H2,1-2H3,(H,25,27)(H,26,28). The number of fused-ring (bicyclic) bond motifs is 3. The molecule has 0 aliphatic carbocycles. The monoisotopic (exact) mass is 454 g/mol. The molecular weight excluding hydrogens is 428 g/mol. The number of nitrogens with one attached hydrogen (secondary N) is 2. The van der Waals surface area contributed by atoms with E-state index in [1.807, 2.05) is 26.0 Å². The number of hydrogen-bond donors (Lipinski definition) is 2. The van der Waals surface area contributed by atoms with Crippen LogP contribution in [0.4, 0.5) is 11.4 Å². The molecule has 0 radical (unpaired) electrons. The van der Waals surface area contributed by atoms with Crippen LogP contribution in [0.2, 0.25) is 0 Å². The molecule has 0 saturated carbocycles. The van der Waals surface area contributed by atoms with Crippen LogP contribution in [0, 0.1) is 6.92 Å². The predicted octanol–water partition coefficient (Wildman–Crippen LogP) is 2.86. The summed E-state index contributed by atoms with van der Waals surface area (Å²) in [5, 5.41) is 5.44. The lowest BCUT2D eigenvalue weighted by Crippen LogP contribution is -2.45. The molecule has 3 fully saturated rings. The van der Waals surface area contributed by atoms with E-state index in [0.29, 0.717) is 18.0 Å². The van der Waals surface area contributed by atoms with Crippen molar-refractivity contribution in [2.75, 3.05) is 17.2 Å². The Balaban J connectivity index is 1.12. The predicted molar refractivity (Wildman–Crippen MR) is 117 cm³/mol. The average Bonchev–Trinajstić information content (AvgIpc) is 3.34. The summed E-state index contributed by atoms with van der Waals surface area (Å²) in [5.74, 6) is -0.782. The molecule has 2 amide bonds. The molecule has 2 aromatic carbocycles. The second-order valence-corrected chi connectivity index (χ2v) is 8.37. The Morgan fingerprint density at radius 3 is 2.15 bits per heavy atom. The van der Waals surface area contributed by atoms with Gasteiger partial charge in [-0.15, -0.1) is 0 Å². The van der Waals surface area contributed by atoms with Gasteiger partial charge in [0, 0.05) is 16.9 Å². The smallest absolute Gasteiger partial charge is 0.233 e. The largest absolute Gasteiger partial charge is 0.350 e. The molecule has 3 aliphatic rings. The van der Waals surface area contributed by atoms with Crippen molar-refractivity contribution in [1.29, 1.82) is 0 Å². The van der Waals surface area contributed by atoms with Crippen LogP contribution in [0.5, 0.6) is 0 Å². The number of carbonyl (C=O) groups is 2. The van der Waals surface area contributed by atoms with Crippen molar-refractivity contribution < 1.29 is 33.3 Å². The van der Waals surface area contributed by atoms with Crippen molar-refractivity contribution in [3.8, 4) is 0 Å².